The van der Waals surface area contributed by atoms with Gasteiger partial charge in [-0.2, -0.15) is 0 Å². The summed E-state index contributed by atoms with van der Waals surface area (Å²) in [4.78, 5) is 17.0. The number of hydrogen-bond acceptors (Lipinski definition) is 6. The van der Waals surface area contributed by atoms with Crippen LogP contribution in [0.2, 0.25) is 0 Å². The Morgan fingerprint density at radius 2 is 2.11 bits per heavy atom. The van der Waals surface area contributed by atoms with Gasteiger partial charge in [-0.1, -0.05) is 6.42 Å². The van der Waals surface area contributed by atoms with Gasteiger partial charge in [0.2, 0.25) is 0 Å². The molecule has 0 aromatic heterocycles. The van der Waals surface area contributed by atoms with E-state index < -0.39 is 17.2 Å². The minimum Gasteiger partial charge on any atom is -0.490 e. The normalized spacial score (nSPS) is 29.1. The summed E-state index contributed by atoms with van der Waals surface area (Å²) >= 11 is 0. The number of fused-ring (bicyclic) bond motifs is 4. The van der Waals surface area contributed by atoms with Crippen LogP contribution in [0.3, 0.4) is 0 Å². The molecule has 3 unspecified atom stereocenters. The minimum absolute atomic E-state index is 0.100. The van der Waals surface area contributed by atoms with Gasteiger partial charge in [0.25, 0.3) is 6.02 Å². The van der Waals surface area contributed by atoms with Crippen molar-refractivity contribution in [1.82, 2.24) is 5.32 Å². The van der Waals surface area contributed by atoms with Gasteiger partial charge in [0, 0.05) is 17.2 Å². The van der Waals surface area contributed by atoms with Crippen molar-refractivity contribution in [3.8, 4) is 5.75 Å². The first kappa shape index (κ1) is 17.9. The van der Waals surface area contributed by atoms with Gasteiger partial charge in [-0.15, -0.1) is 0 Å². The third-order valence-corrected chi connectivity index (χ3v) is 5.40. The second-order valence-corrected chi connectivity index (χ2v) is 8.56. The van der Waals surface area contributed by atoms with Crippen LogP contribution in [0.15, 0.2) is 23.2 Å². The zero-order valence-corrected chi connectivity index (χ0v) is 16.1. The summed E-state index contributed by atoms with van der Waals surface area (Å²) in [6.45, 7) is 5.81. The minimum atomic E-state index is -0.588. The fourth-order valence-electron chi connectivity index (χ4n) is 4.34. The summed E-state index contributed by atoms with van der Waals surface area (Å²) in [7, 11) is 0. The molecule has 1 spiro atoms. The molecule has 0 bridgehead atoms. The number of aliphatic imine (C=N–C) groups is 1. The lowest BCUT2D eigenvalue weighted by Crippen LogP contribution is -2.49. The standard InChI is InChI=1S/C20H27N3O4/c1-19(2,3)27-18(24)22-17-23-20(11-25-17)13-6-4-5-7-15(13)26-16-9-8-12(21)10-14(16)20/h8-10,13,15H,4-7,11,21H2,1-3H3,(H,22,23,24). The third kappa shape index (κ3) is 3.31. The summed E-state index contributed by atoms with van der Waals surface area (Å²) in [6.07, 6.45) is 3.82. The van der Waals surface area contributed by atoms with Gasteiger partial charge in [0.15, 0.2) is 0 Å². The maximum absolute atomic E-state index is 12.1. The van der Waals surface area contributed by atoms with Crippen molar-refractivity contribution >= 4 is 17.8 Å². The molecule has 3 aliphatic rings. The quantitative estimate of drug-likeness (QED) is 0.680. The van der Waals surface area contributed by atoms with Crippen LogP contribution in [0.1, 0.15) is 52.0 Å². The maximum Gasteiger partial charge on any atom is 0.415 e. The number of alkyl carbamates (subject to hydrolysis) is 1. The third-order valence-electron chi connectivity index (χ3n) is 5.40. The van der Waals surface area contributed by atoms with E-state index in [0.29, 0.717) is 12.3 Å². The molecule has 4 rings (SSSR count). The molecule has 0 radical (unpaired) electrons. The van der Waals surface area contributed by atoms with Gasteiger partial charge in [-0.25, -0.2) is 15.1 Å². The van der Waals surface area contributed by atoms with E-state index in [9.17, 15) is 4.79 Å². The van der Waals surface area contributed by atoms with Crippen LogP contribution >= 0.6 is 0 Å². The highest BCUT2D eigenvalue weighted by Crippen LogP contribution is 2.52. The molecule has 27 heavy (non-hydrogen) atoms. The SMILES string of the molecule is CC(C)(C)OC(=O)NC1=NC2(CO1)c1cc(N)ccc1OC1CCCCC12. The molecule has 7 heteroatoms. The molecular formula is C20H27N3O4. The van der Waals surface area contributed by atoms with Gasteiger partial charge in [-0.05, 0) is 58.2 Å². The molecule has 1 amide bonds. The largest absolute Gasteiger partial charge is 0.490 e. The van der Waals surface area contributed by atoms with Crippen LogP contribution < -0.4 is 15.8 Å². The van der Waals surface area contributed by atoms with Crippen LogP contribution in [0.5, 0.6) is 5.75 Å². The number of nitrogens with two attached hydrogens (primary N) is 1. The first-order valence-corrected chi connectivity index (χ1v) is 9.56. The lowest BCUT2D eigenvalue weighted by Gasteiger charge is -2.46. The molecular weight excluding hydrogens is 346 g/mol. The Balaban J connectivity index is 1.68. The predicted octanol–water partition coefficient (Wildman–Crippen LogP) is 3.33. The maximum atomic E-state index is 12.1. The van der Waals surface area contributed by atoms with Gasteiger partial charge in [-0.3, -0.25) is 0 Å². The van der Waals surface area contributed by atoms with Gasteiger partial charge >= 0.3 is 6.09 Å². The molecule has 1 fully saturated rings. The molecule has 7 nitrogen and oxygen atoms in total. The van der Waals surface area contributed by atoms with Crippen molar-refractivity contribution in [3.05, 3.63) is 23.8 Å². The van der Waals surface area contributed by atoms with E-state index >= 15 is 0 Å². The number of benzene rings is 1. The molecule has 146 valence electrons. The Morgan fingerprint density at radius 3 is 2.89 bits per heavy atom. The number of ether oxygens (including phenoxy) is 3. The molecule has 1 saturated carbocycles. The van der Waals surface area contributed by atoms with Crippen molar-refractivity contribution in [1.29, 1.82) is 0 Å². The molecule has 1 aliphatic carbocycles. The lowest BCUT2D eigenvalue weighted by molar-refractivity contribution is 0.00724. The number of amidine groups is 1. The number of hydrogen-bond donors (Lipinski definition) is 2. The predicted molar refractivity (Wildman–Crippen MR) is 102 cm³/mol. The van der Waals surface area contributed by atoms with Gasteiger partial charge in [0.05, 0.1) is 0 Å². The van der Waals surface area contributed by atoms with Crippen molar-refractivity contribution < 1.29 is 19.0 Å². The summed E-state index contributed by atoms with van der Waals surface area (Å²) in [5.74, 6) is 0.997. The summed E-state index contributed by atoms with van der Waals surface area (Å²) in [5, 5.41) is 2.64. The van der Waals surface area contributed by atoms with E-state index in [-0.39, 0.29) is 18.0 Å². The Hall–Kier alpha value is -2.44. The second kappa shape index (κ2) is 6.32. The van der Waals surface area contributed by atoms with Gasteiger partial charge in [0.1, 0.15) is 29.6 Å². The first-order valence-electron chi connectivity index (χ1n) is 9.56. The first-order chi connectivity index (χ1) is 12.8. The Morgan fingerprint density at radius 1 is 1.33 bits per heavy atom. The number of carbonyl (C=O) groups excluding carboxylic acids is 1. The monoisotopic (exact) mass is 373 g/mol. The van der Waals surface area contributed by atoms with Crippen LogP contribution in [-0.4, -0.2) is 30.4 Å². The average Bonchev–Trinajstić information content (AvgIpc) is 2.99. The average molecular weight is 373 g/mol. The number of nitrogen functional groups attached to an aromatic ring is 1. The van der Waals surface area contributed by atoms with Crippen molar-refractivity contribution in [3.63, 3.8) is 0 Å². The van der Waals surface area contributed by atoms with Crippen molar-refractivity contribution in [2.45, 2.75) is 63.7 Å². The highest BCUT2D eigenvalue weighted by molar-refractivity contribution is 5.91. The van der Waals surface area contributed by atoms with Crippen molar-refractivity contribution in [2.75, 3.05) is 12.3 Å². The van der Waals surface area contributed by atoms with E-state index in [1.165, 1.54) is 0 Å². The number of carbonyl (C=O) groups is 1. The van der Waals surface area contributed by atoms with Crippen molar-refractivity contribution in [2.24, 2.45) is 10.9 Å². The topological polar surface area (TPSA) is 95.2 Å². The van der Waals surface area contributed by atoms with Crippen LogP contribution in [-0.2, 0) is 15.0 Å². The van der Waals surface area contributed by atoms with Crippen LogP contribution in [0, 0.1) is 5.92 Å². The summed E-state index contributed by atoms with van der Waals surface area (Å²) in [5.41, 5.74) is 6.48. The second-order valence-electron chi connectivity index (χ2n) is 8.56. The number of nitrogens with zero attached hydrogens (tertiary/aromatic N) is 1. The van der Waals surface area contributed by atoms with E-state index in [1.54, 1.807) is 0 Å². The molecule has 1 aromatic carbocycles. The highest BCUT2D eigenvalue weighted by atomic mass is 16.6. The van der Waals surface area contributed by atoms with E-state index in [1.807, 2.05) is 39.0 Å². The molecule has 2 heterocycles. The zero-order chi connectivity index (χ0) is 19.2. The number of rotatable bonds is 0. The smallest absolute Gasteiger partial charge is 0.415 e. The van der Waals surface area contributed by atoms with Crippen LogP contribution in [0.4, 0.5) is 10.5 Å². The molecule has 0 saturated heterocycles. The Bertz CT molecular complexity index is 786. The molecule has 3 N–H and O–H groups in total. The van der Waals surface area contributed by atoms with E-state index in [4.69, 9.17) is 24.9 Å². The fourth-order valence-corrected chi connectivity index (χ4v) is 4.34. The lowest BCUT2D eigenvalue weighted by atomic mass is 9.68. The number of nitrogens with one attached hydrogen (secondary N) is 1. The fraction of sp³-hybridized carbons (Fsp3) is 0.600. The highest BCUT2D eigenvalue weighted by Gasteiger charge is 2.54. The zero-order valence-electron chi connectivity index (χ0n) is 16.1. The van der Waals surface area contributed by atoms with E-state index in [0.717, 1.165) is 37.0 Å². The molecule has 1 aromatic rings. The number of amides is 1. The Kier molecular flexibility index (Phi) is 4.20. The van der Waals surface area contributed by atoms with Crippen LogP contribution in [0.25, 0.3) is 0 Å². The molecule has 3 atom stereocenters. The summed E-state index contributed by atoms with van der Waals surface area (Å²) in [6, 6.07) is 5.87. The molecule has 2 aliphatic heterocycles. The van der Waals surface area contributed by atoms with Gasteiger partial charge < -0.3 is 19.9 Å². The number of anilines is 1. The Labute approximate surface area is 159 Å². The van der Waals surface area contributed by atoms with E-state index in [2.05, 4.69) is 5.32 Å². The summed E-state index contributed by atoms with van der Waals surface area (Å²) < 4.78 is 17.4.